The molecule has 0 saturated heterocycles. The molecule has 3 rings (SSSR count). The molecule has 0 spiro atoms. The summed E-state index contributed by atoms with van der Waals surface area (Å²) in [5.74, 6) is 0.0171. The third-order valence-electron chi connectivity index (χ3n) is 3.66. The number of ether oxygens (including phenoxy) is 1. The van der Waals surface area contributed by atoms with E-state index in [0.29, 0.717) is 5.92 Å². The van der Waals surface area contributed by atoms with Gasteiger partial charge in [-0.25, -0.2) is 4.99 Å². The van der Waals surface area contributed by atoms with Gasteiger partial charge in [-0.2, -0.15) is 0 Å². The van der Waals surface area contributed by atoms with Crippen LogP contribution in [0.5, 0.6) is 5.75 Å². The first-order valence-electron chi connectivity index (χ1n) is 7.42. The van der Waals surface area contributed by atoms with Crippen LogP contribution in [-0.2, 0) is 0 Å². The molecule has 0 radical (unpaired) electrons. The third kappa shape index (κ3) is 5.52. The number of hydrogen-bond acceptors (Lipinski definition) is 2. The van der Waals surface area contributed by atoms with E-state index < -0.39 is 6.36 Å². The van der Waals surface area contributed by atoms with E-state index in [1.54, 1.807) is 6.07 Å². The summed E-state index contributed by atoms with van der Waals surface area (Å²) < 4.78 is 41.2. The second kappa shape index (κ2) is 7.94. The Bertz CT molecular complexity index is 737. The number of rotatable bonds is 4. The molecule has 3 N–H and O–H groups in total. The van der Waals surface area contributed by atoms with Crippen LogP contribution in [0.15, 0.2) is 59.6 Å². The number of guanidine groups is 1. The predicted octanol–water partition coefficient (Wildman–Crippen LogP) is 4.49. The van der Waals surface area contributed by atoms with Crippen LogP contribution in [-0.4, -0.2) is 18.4 Å². The minimum Gasteiger partial charge on any atom is -0.404 e. The van der Waals surface area contributed by atoms with Gasteiger partial charge in [0.2, 0.25) is 0 Å². The first-order chi connectivity index (χ1) is 11.4. The van der Waals surface area contributed by atoms with Crippen molar-refractivity contribution in [1.82, 2.24) is 0 Å². The third-order valence-corrected chi connectivity index (χ3v) is 3.66. The summed E-state index contributed by atoms with van der Waals surface area (Å²) in [6, 6.07) is 15.6. The Hall–Kier alpha value is -1.97. The van der Waals surface area contributed by atoms with Gasteiger partial charge < -0.3 is 15.8 Å². The number of hydrogen-bond donors (Lipinski definition) is 2. The first kappa shape index (κ1) is 19.4. The van der Waals surface area contributed by atoms with E-state index in [0.717, 1.165) is 6.42 Å². The highest BCUT2D eigenvalue weighted by molar-refractivity contribution is 14.0. The highest BCUT2D eigenvalue weighted by atomic mass is 127. The predicted molar refractivity (Wildman–Crippen MR) is 101 cm³/mol. The highest BCUT2D eigenvalue weighted by Crippen LogP contribution is 2.43. The molecule has 0 heterocycles. The van der Waals surface area contributed by atoms with Gasteiger partial charge in [-0.1, -0.05) is 42.5 Å². The summed E-state index contributed by atoms with van der Waals surface area (Å²) in [5, 5.41) is 2.68. The molecule has 2 aromatic carbocycles. The lowest BCUT2D eigenvalue weighted by Gasteiger charge is -2.14. The van der Waals surface area contributed by atoms with Gasteiger partial charge in [0.25, 0.3) is 0 Å². The minimum atomic E-state index is -4.77. The average Bonchev–Trinajstić information content (AvgIpc) is 3.28. The van der Waals surface area contributed by atoms with E-state index >= 15 is 0 Å². The molecule has 1 aliphatic rings. The summed E-state index contributed by atoms with van der Waals surface area (Å²) in [7, 11) is 0. The maximum atomic E-state index is 12.4. The average molecular weight is 463 g/mol. The second-order valence-corrected chi connectivity index (χ2v) is 5.50. The fourth-order valence-electron chi connectivity index (χ4n) is 2.52. The Balaban J connectivity index is 0.00000225. The van der Waals surface area contributed by atoms with E-state index in [4.69, 9.17) is 5.73 Å². The van der Waals surface area contributed by atoms with Crippen molar-refractivity contribution in [3.8, 4) is 5.75 Å². The van der Waals surface area contributed by atoms with Gasteiger partial charge in [-0.3, -0.25) is 0 Å². The molecule has 0 amide bonds. The molecule has 1 fully saturated rings. The fourth-order valence-corrected chi connectivity index (χ4v) is 2.52. The lowest BCUT2D eigenvalue weighted by atomic mass is 10.1. The van der Waals surface area contributed by atoms with Crippen LogP contribution in [0.4, 0.5) is 18.9 Å². The van der Waals surface area contributed by atoms with Crippen LogP contribution in [0.2, 0.25) is 0 Å². The Morgan fingerprint density at radius 1 is 1.08 bits per heavy atom. The normalized spacial score (nSPS) is 19.7. The fraction of sp³-hybridized carbons (Fsp3) is 0.235. The van der Waals surface area contributed by atoms with E-state index in [-0.39, 0.29) is 47.4 Å². The number of nitrogens with zero attached hydrogens (tertiary/aromatic N) is 1. The van der Waals surface area contributed by atoms with Crippen molar-refractivity contribution in [2.24, 2.45) is 10.7 Å². The monoisotopic (exact) mass is 463 g/mol. The van der Waals surface area contributed by atoms with Gasteiger partial charge in [0, 0.05) is 5.92 Å². The highest BCUT2D eigenvalue weighted by Gasteiger charge is 2.38. The van der Waals surface area contributed by atoms with Gasteiger partial charge in [0.15, 0.2) is 11.7 Å². The van der Waals surface area contributed by atoms with Crippen molar-refractivity contribution < 1.29 is 17.9 Å². The second-order valence-electron chi connectivity index (χ2n) is 5.50. The molecular formula is C17H17F3IN3O. The molecule has 1 aliphatic carbocycles. The molecule has 4 nitrogen and oxygen atoms in total. The van der Waals surface area contributed by atoms with Crippen LogP contribution >= 0.6 is 24.0 Å². The van der Waals surface area contributed by atoms with E-state index in [1.165, 1.54) is 23.8 Å². The van der Waals surface area contributed by atoms with Crippen molar-refractivity contribution in [2.75, 3.05) is 5.32 Å². The van der Waals surface area contributed by atoms with Gasteiger partial charge >= 0.3 is 6.36 Å². The molecule has 134 valence electrons. The largest absolute Gasteiger partial charge is 0.573 e. The summed E-state index contributed by atoms with van der Waals surface area (Å²) in [4.78, 5) is 4.33. The van der Waals surface area contributed by atoms with E-state index in [1.807, 2.05) is 30.3 Å². The van der Waals surface area contributed by atoms with Crippen molar-refractivity contribution in [2.45, 2.75) is 24.7 Å². The number of halogens is 4. The van der Waals surface area contributed by atoms with Crippen molar-refractivity contribution in [3.63, 3.8) is 0 Å². The summed E-state index contributed by atoms with van der Waals surface area (Å²) in [6.45, 7) is 0. The molecule has 2 aromatic rings. The van der Waals surface area contributed by atoms with Crippen LogP contribution in [0, 0.1) is 0 Å². The summed E-state index contributed by atoms with van der Waals surface area (Å²) >= 11 is 0. The molecule has 0 bridgehead atoms. The lowest BCUT2D eigenvalue weighted by Crippen LogP contribution is -2.25. The quantitative estimate of drug-likeness (QED) is 0.399. The van der Waals surface area contributed by atoms with Gasteiger partial charge in [0.1, 0.15) is 0 Å². The molecule has 8 heteroatoms. The number of para-hydroxylation sites is 2. The maximum absolute atomic E-state index is 12.4. The number of alkyl halides is 3. The standard InChI is InChI=1S/C17H16F3N3O.HI/c18-17(19,20)24-15-9-5-4-8-13(15)22-16(21)23-14-10-12(14)11-6-2-1-3-7-11;/h1-9,12,14H,10H2,(H3,21,22,23);1H. The zero-order valence-electron chi connectivity index (χ0n) is 13.0. The number of nitrogens with one attached hydrogen (secondary N) is 1. The smallest absolute Gasteiger partial charge is 0.404 e. The molecule has 0 aliphatic heterocycles. The first-order valence-corrected chi connectivity index (χ1v) is 7.42. The van der Waals surface area contributed by atoms with Crippen molar-refractivity contribution in [1.29, 1.82) is 0 Å². The molecule has 25 heavy (non-hydrogen) atoms. The number of nitrogens with two attached hydrogens (primary N) is 1. The topological polar surface area (TPSA) is 59.6 Å². The minimum absolute atomic E-state index is 0. The number of benzene rings is 2. The number of anilines is 1. The van der Waals surface area contributed by atoms with E-state index in [2.05, 4.69) is 15.0 Å². The summed E-state index contributed by atoms with van der Waals surface area (Å²) in [6.07, 6.45) is -3.90. The molecule has 1 saturated carbocycles. The molecular weight excluding hydrogens is 446 g/mol. The maximum Gasteiger partial charge on any atom is 0.573 e. The van der Waals surface area contributed by atoms with Gasteiger partial charge in [-0.05, 0) is 24.1 Å². The van der Waals surface area contributed by atoms with Gasteiger partial charge in [-0.15, -0.1) is 37.1 Å². The Morgan fingerprint density at radius 2 is 1.72 bits per heavy atom. The summed E-state index contributed by atoms with van der Waals surface area (Å²) in [5.41, 5.74) is 7.12. The molecule has 2 atom stereocenters. The van der Waals surface area contributed by atoms with Crippen molar-refractivity contribution >= 4 is 35.6 Å². The van der Waals surface area contributed by atoms with Gasteiger partial charge in [0.05, 0.1) is 11.7 Å². The van der Waals surface area contributed by atoms with Crippen LogP contribution in [0.1, 0.15) is 17.9 Å². The van der Waals surface area contributed by atoms with Crippen LogP contribution < -0.4 is 15.8 Å². The lowest BCUT2D eigenvalue weighted by molar-refractivity contribution is -0.274. The molecule has 2 unspecified atom stereocenters. The SMILES string of the molecule is I.NC(=NC1CC1c1ccccc1)Nc1ccccc1OC(F)(F)F. The van der Waals surface area contributed by atoms with E-state index in [9.17, 15) is 13.2 Å². The zero-order valence-corrected chi connectivity index (χ0v) is 15.4. The Kier molecular flexibility index (Phi) is 6.15. The van der Waals surface area contributed by atoms with Crippen LogP contribution in [0.3, 0.4) is 0 Å². The Labute approximate surface area is 160 Å². The zero-order chi connectivity index (χ0) is 17.2. The van der Waals surface area contributed by atoms with Crippen molar-refractivity contribution in [3.05, 3.63) is 60.2 Å². The number of aliphatic imine (C=N–C) groups is 1. The molecule has 0 aromatic heterocycles. The van der Waals surface area contributed by atoms with Crippen LogP contribution in [0.25, 0.3) is 0 Å². The Morgan fingerprint density at radius 3 is 2.40 bits per heavy atom.